The maximum Gasteiger partial charge on any atom is -0.000126 e. The van der Waals surface area contributed by atoms with Crippen molar-refractivity contribution in [3.8, 4) is 0 Å². The van der Waals surface area contributed by atoms with E-state index in [0.29, 0.717) is 10.5 Å². The molecule has 0 saturated carbocycles. The Balaban J connectivity index is 2.95. The standard InChI is InChI=1S/C5H12S2/c1-4(6)3-5(2)7/h4-7H,3H2,1-2H3/t4-,5-/m0/s1. The second kappa shape index (κ2) is 3.67. The van der Waals surface area contributed by atoms with Crippen LogP contribution in [0.1, 0.15) is 20.3 Å². The molecule has 2 atom stereocenters. The lowest BCUT2D eigenvalue weighted by atomic mass is 10.3. The van der Waals surface area contributed by atoms with Gasteiger partial charge in [0.2, 0.25) is 0 Å². The second-order valence-corrected chi connectivity index (χ2v) is 3.70. The first kappa shape index (κ1) is 7.70. The summed E-state index contributed by atoms with van der Waals surface area (Å²) in [5.41, 5.74) is 0. The molecule has 0 aliphatic carbocycles. The normalized spacial score (nSPS) is 18.9. The van der Waals surface area contributed by atoms with E-state index in [1.807, 2.05) is 0 Å². The van der Waals surface area contributed by atoms with Crippen LogP contribution in [0.3, 0.4) is 0 Å². The average molecular weight is 136 g/mol. The van der Waals surface area contributed by atoms with Crippen LogP contribution in [0, 0.1) is 0 Å². The third-order valence-corrected chi connectivity index (χ3v) is 1.10. The van der Waals surface area contributed by atoms with E-state index in [1.54, 1.807) is 0 Å². The van der Waals surface area contributed by atoms with E-state index >= 15 is 0 Å². The Hall–Kier alpha value is 0.700. The van der Waals surface area contributed by atoms with Gasteiger partial charge in [0, 0.05) is 0 Å². The van der Waals surface area contributed by atoms with Gasteiger partial charge in [-0.15, -0.1) is 0 Å². The van der Waals surface area contributed by atoms with Gasteiger partial charge >= 0.3 is 0 Å². The van der Waals surface area contributed by atoms with Crippen molar-refractivity contribution < 1.29 is 0 Å². The molecular weight excluding hydrogens is 124 g/mol. The van der Waals surface area contributed by atoms with Crippen molar-refractivity contribution in [1.29, 1.82) is 0 Å². The lowest BCUT2D eigenvalue weighted by molar-refractivity contribution is 0.812. The van der Waals surface area contributed by atoms with Crippen LogP contribution in [0.15, 0.2) is 0 Å². The summed E-state index contributed by atoms with van der Waals surface area (Å²) in [5.74, 6) is 0. The Labute approximate surface area is 56.5 Å². The first-order valence-electron chi connectivity index (χ1n) is 2.49. The van der Waals surface area contributed by atoms with Crippen molar-refractivity contribution in [2.75, 3.05) is 0 Å². The number of hydrogen-bond acceptors (Lipinski definition) is 2. The van der Waals surface area contributed by atoms with E-state index in [4.69, 9.17) is 0 Å². The van der Waals surface area contributed by atoms with Crippen LogP contribution >= 0.6 is 25.3 Å². The molecule has 2 heteroatoms. The van der Waals surface area contributed by atoms with Gasteiger partial charge in [0.05, 0.1) is 0 Å². The van der Waals surface area contributed by atoms with Crippen LogP contribution in [-0.4, -0.2) is 10.5 Å². The van der Waals surface area contributed by atoms with E-state index in [9.17, 15) is 0 Å². The molecule has 0 aromatic heterocycles. The van der Waals surface area contributed by atoms with Crippen LogP contribution in [0.2, 0.25) is 0 Å². The van der Waals surface area contributed by atoms with Crippen molar-refractivity contribution in [3.63, 3.8) is 0 Å². The molecule has 0 nitrogen and oxygen atoms in total. The summed E-state index contributed by atoms with van der Waals surface area (Å²) in [6, 6.07) is 0. The largest absolute Gasteiger partial charge is 0.176 e. The molecule has 0 saturated heterocycles. The third-order valence-electron chi connectivity index (χ3n) is 0.682. The van der Waals surface area contributed by atoms with Gasteiger partial charge in [0.1, 0.15) is 0 Å². The molecule has 0 bridgehead atoms. The van der Waals surface area contributed by atoms with Crippen molar-refractivity contribution in [2.45, 2.75) is 30.8 Å². The first-order valence-corrected chi connectivity index (χ1v) is 3.52. The minimum atomic E-state index is 0.493. The molecule has 0 radical (unpaired) electrons. The number of thiol groups is 2. The first-order chi connectivity index (χ1) is 3.13. The van der Waals surface area contributed by atoms with Crippen molar-refractivity contribution in [3.05, 3.63) is 0 Å². The predicted octanol–water partition coefficient (Wildman–Crippen LogP) is 2.01. The Morgan fingerprint density at radius 3 is 1.43 bits per heavy atom. The van der Waals surface area contributed by atoms with E-state index in [2.05, 4.69) is 39.1 Å². The van der Waals surface area contributed by atoms with Gasteiger partial charge in [-0.2, -0.15) is 25.3 Å². The zero-order valence-electron chi connectivity index (χ0n) is 4.76. The van der Waals surface area contributed by atoms with Crippen molar-refractivity contribution in [2.24, 2.45) is 0 Å². The van der Waals surface area contributed by atoms with Crippen LogP contribution in [0.25, 0.3) is 0 Å². The minimum absolute atomic E-state index is 0.493. The zero-order valence-corrected chi connectivity index (χ0v) is 6.55. The summed E-state index contributed by atoms with van der Waals surface area (Å²) in [5, 5.41) is 0.986. The molecule has 0 N–H and O–H groups in total. The monoisotopic (exact) mass is 136 g/mol. The Morgan fingerprint density at radius 2 is 1.43 bits per heavy atom. The second-order valence-electron chi connectivity index (χ2n) is 1.93. The summed E-state index contributed by atoms with van der Waals surface area (Å²) in [6.07, 6.45) is 1.09. The van der Waals surface area contributed by atoms with Gasteiger partial charge in [-0.1, -0.05) is 13.8 Å². The third kappa shape index (κ3) is 6.70. The quantitative estimate of drug-likeness (QED) is 0.533. The highest BCUT2D eigenvalue weighted by molar-refractivity contribution is 7.81. The highest BCUT2D eigenvalue weighted by Gasteiger charge is 1.97. The molecular formula is C5H12S2. The molecule has 44 valence electrons. The Kier molecular flexibility index (Phi) is 4.04. The molecule has 0 unspecified atom stereocenters. The molecule has 0 rings (SSSR count). The number of rotatable bonds is 2. The highest BCUT2D eigenvalue weighted by atomic mass is 32.1. The molecule has 0 aromatic rings. The summed E-state index contributed by atoms with van der Waals surface area (Å²) in [6.45, 7) is 4.16. The van der Waals surface area contributed by atoms with E-state index in [-0.39, 0.29) is 0 Å². The number of hydrogen-bond donors (Lipinski definition) is 2. The Morgan fingerprint density at radius 1 is 1.14 bits per heavy atom. The van der Waals surface area contributed by atoms with Gasteiger partial charge in [-0.25, -0.2) is 0 Å². The lowest BCUT2D eigenvalue weighted by Gasteiger charge is -2.04. The molecule has 0 aliphatic heterocycles. The molecule has 7 heavy (non-hydrogen) atoms. The topological polar surface area (TPSA) is 0 Å². The van der Waals surface area contributed by atoms with Gasteiger partial charge < -0.3 is 0 Å². The van der Waals surface area contributed by atoms with Crippen molar-refractivity contribution >= 4 is 25.3 Å². The summed E-state index contributed by atoms with van der Waals surface area (Å²) < 4.78 is 0. The van der Waals surface area contributed by atoms with Gasteiger partial charge in [0.25, 0.3) is 0 Å². The zero-order chi connectivity index (χ0) is 5.86. The average Bonchev–Trinajstić information content (AvgIpc) is 1.27. The smallest absolute Gasteiger partial charge is 0.000126 e. The van der Waals surface area contributed by atoms with Gasteiger partial charge in [-0.05, 0) is 16.9 Å². The fourth-order valence-corrected chi connectivity index (χ4v) is 1.29. The predicted molar refractivity (Wildman–Crippen MR) is 41.5 cm³/mol. The molecule has 0 fully saturated rings. The summed E-state index contributed by atoms with van der Waals surface area (Å²) in [4.78, 5) is 0. The van der Waals surface area contributed by atoms with E-state index in [1.165, 1.54) is 0 Å². The molecule has 0 heterocycles. The fourth-order valence-electron chi connectivity index (χ4n) is 0.494. The fraction of sp³-hybridized carbons (Fsp3) is 1.00. The van der Waals surface area contributed by atoms with E-state index < -0.39 is 0 Å². The molecule has 0 amide bonds. The summed E-state index contributed by atoms with van der Waals surface area (Å²) >= 11 is 8.38. The SMILES string of the molecule is C[C@H](S)C[C@H](C)S. The van der Waals surface area contributed by atoms with Gasteiger partial charge in [0.15, 0.2) is 0 Å². The molecule has 0 aliphatic rings. The Bertz CT molecular complexity index is 35.3. The van der Waals surface area contributed by atoms with Crippen molar-refractivity contribution in [1.82, 2.24) is 0 Å². The summed E-state index contributed by atoms with van der Waals surface area (Å²) in [7, 11) is 0. The van der Waals surface area contributed by atoms with E-state index in [0.717, 1.165) is 6.42 Å². The lowest BCUT2D eigenvalue weighted by Crippen LogP contribution is -1.99. The maximum absolute atomic E-state index is 4.19. The van der Waals surface area contributed by atoms with Crippen LogP contribution < -0.4 is 0 Å². The maximum atomic E-state index is 4.19. The molecule has 0 aromatic carbocycles. The van der Waals surface area contributed by atoms with Gasteiger partial charge in [-0.3, -0.25) is 0 Å². The molecule has 0 spiro atoms. The van der Waals surface area contributed by atoms with Crippen LogP contribution in [-0.2, 0) is 0 Å². The minimum Gasteiger partial charge on any atom is -0.176 e. The van der Waals surface area contributed by atoms with Crippen LogP contribution in [0.4, 0.5) is 0 Å². The van der Waals surface area contributed by atoms with Crippen LogP contribution in [0.5, 0.6) is 0 Å². The highest BCUT2D eigenvalue weighted by Crippen LogP contribution is 2.07.